The van der Waals surface area contributed by atoms with Crippen LogP contribution >= 0.6 is 11.3 Å². The maximum atomic E-state index is 4.48. The average Bonchev–Trinajstić information content (AvgIpc) is 2.77. The molecule has 0 unspecified atom stereocenters. The monoisotopic (exact) mass is 290 g/mol. The first kappa shape index (κ1) is 13.8. The van der Waals surface area contributed by atoms with Gasteiger partial charge in [0.05, 0.1) is 5.39 Å². The molecule has 1 N–H and O–H groups in total. The number of likely N-dealkylation sites (N-methyl/N-ethyl adjacent to an activating group) is 1. The summed E-state index contributed by atoms with van der Waals surface area (Å²) in [5, 5.41) is 4.76. The van der Waals surface area contributed by atoms with Crippen molar-refractivity contribution in [3.05, 3.63) is 16.8 Å². The van der Waals surface area contributed by atoms with Gasteiger partial charge >= 0.3 is 0 Å². The van der Waals surface area contributed by atoms with E-state index in [4.69, 9.17) is 0 Å². The van der Waals surface area contributed by atoms with Crippen molar-refractivity contribution in [3.63, 3.8) is 0 Å². The molecule has 4 nitrogen and oxygen atoms in total. The molecule has 2 aromatic heterocycles. The summed E-state index contributed by atoms with van der Waals surface area (Å²) in [6.07, 6.45) is 5.36. The van der Waals surface area contributed by atoms with Crippen molar-refractivity contribution in [3.8, 4) is 0 Å². The maximum Gasteiger partial charge on any atom is 0.138 e. The van der Waals surface area contributed by atoms with E-state index in [0.717, 1.165) is 29.7 Å². The molecule has 5 heteroatoms. The molecule has 1 aliphatic rings. The van der Waals surface area contributed by atoms with Gasteiger partial charge < -0.3 is 10.2 Å². The fraction of sp³-hybridized carbons (Fsp3) is 0.600. The normalized spacial score (nSPS) is 18.5. The Morgan fingerprint density at radius 2 is 2.25 bits per heavy atom. The third kappa shape index (κ3) is 2.65. The third-order valence-corrected chi connectivity index (χ3v) is 5.14. The molecule has 108 valence electrons. The summed E-state index contributed by atoms with van der Waals surface area (Å²) in [6.45, 7) is 4.27. The van der Waals surface area contributed by atoms with Crippen LogP contribution in [0.25, 0.3) is 10.2 Å². The Labute approximate surface area is 124 Å². The van der Waals surface area contributed by atoms with Crippen LogP contribution in [0.2, 0.25) is 0 Å². The number of nitrogens with one attached hydrogen (secondary N) is 1. The molecular formula is C15H22N4S. The highest BCUT2D eigenvalue weighted by atomic mass is 32.1. The van der Waals surface area contributed by atoms with Gasteiger partial charge in [0, 0.05) is 18.0 Å². The molecule has 1 aliphatic carbocycles. The minimum Gasteiger partial charge on any atom is -0.368 e. The lowest BCUT2D eigenvalue weighted by Gasteiger charge is -2.18. The second kappa shape index (κ2) is 5.66. The predicted molar refractivity (Wildman–Crippen MR) is 85.6 cm³/mol. The van der Waals surface area contributed by atoms with Crippen LogP contribution in [0.1, 0.15) is 23.8 Å². The SMILES string of the molecule is C[C@H]1CCc2sc3ncnc(NCCN(C)C)c3c2C1. The Morgan fingerprint density at radius 3 is 3.05 bits per heavy atom. The van der Waals surface area contributed by atoms with Crippen molar-refractivity contribution in [1.82, 2.24) is 14.9 Å². The summed E-state index contributed by atoms with van der Waals surface area (Å²) in [4.78, 5) is 13.8. The molecule has 3 rings (SSSR count). The largest absolute Gasteiger partial charge is 0.368 e. The Balaban J connectivity index is 1.94. The van der Waals surface area contributed by atoms with Crippen molar-refractivity contribution in [2.45, 2.75) is 26.2 Å². The van der Waals surface area contributed by atoms with Crippen LogP contribution in [0.3, 0.4) is 0 Å². The molecule has 0 saturated heterocycles. The Bertz CT molecular complexity index is 605. The van der Waals surface area contributed by atoms with Gasteiger partial charge in [0.15, 0.2) is 0 Å². The van der Waals surface area contributed by atoms with Crippen LogP contribution in [-0.4, -0.2) is 42.1 Å². The van der Waals surface area contributed by atoms with Crippen molar-refractivity contribution in [2.75, 3.05) is 32.5 Å². The van der Waals surface area contributed by atoms with Gasteiger partial charge in [0.25, 0.3) is 0 Å². The highest BCUT2D eigenvalue weighted by molar-refractivity contribution is 7.19. The average molecular weight is 290 g/mol. The summed E-state index contributed by atoms with van der Waals surface area (Å²) >= 11 is 1.85. The second-order valence-electron chi connectivity index (χ2n) is 5.98. The van der Waals surface area contributed by atoms with E-state index in [1.165, 1.54) is 35.1 Å². The third-order valence-electron chi connectivity index (χ3n) is 3.94. The smallest absolute Gasteiger partial charge is 0.138 e. The standard InChI is InChI=1S/C15H22N4S/c1-10-4-5-12-11(8-10)13-14(16-6-7-19(2)3)17-9-18-15(13)20-12/h9-10H,4-8H2,1-3H3,(H,16,17,18)/t10-/m0/s1. The topological polar surface area (TPSA) is 41.1 Å². The van der Waals surface area contributed by atoms with E-state index in [1.54, 1.807) is 6.33 Å². The van der Waals surface area contributed by atoms with Crippen molar-refractivity contribution in [1.29, 1.82) is 0 Å². The zero-order chi connectivity index (χ0) is 14.1. The number of rotatable bonds is 4. The fourth-order valence-electron chi connectivity index (χ4n) is 2.81. The molecule has 0 spiro atoms. The van der Waals surface area contributed by atoms with Crippen LogP contribution in [0, 0.1) is 5.92 Å². The summed E-state index contributed by atoms with van der Waals surface area (Å²) in [5.41, 5.74) is 1.50. The first-order valence-corrected chi connectivity index (χ1v) is 8.10. The molecule has 0 amide bonds. The summed E-state index contributed by atoms with van der Waals surface area (Å²) in [6, 6.07) is 0. The lowest BCUT2D eigenvalue weighted by atomic mass is 9.88. The highest BCUT2D eigenvalue weighted by Crippen LogP contribution is 2.39. The molecule has 1 atom stereocenters. The predicted octanol–water partition coefficient (Wildman–Crippen LogP) is 2.79. The summed E-state index contributed by atoms with van der Waals surface area (Å²) in [5.74, 6) is 1.79. The van der Waals surface area contributed by atoms with Gasteiger partial charge in [-0.3, -0.25) is 0 Å². The maximum absolute atomic E-state index is 4.48. The number of aryl methyl sites for hydroxylation is 1. The van der Waals surface area contributed by atoms with Gasteiger partial charge in [-0.05, 0) is 44.8 Å². The number of hydrogen-bond donors (Lipinski definition) is 1. The van der Waals surface area contributed by atoms with Crippen LogP contribution in [0.5, 0.6) is 0 Å². The number of nitrogens with zero attached hydrogens (tertiary/aromatic N) is 3. The molecule has 2 heterocycles. The minimum atomic E-state index is 0.773. The molecule has 20 heavy (non-hydrogen) atoms. The van der Waals surface area contributed by atoms with Crippen LogP contribution in [0.15, 0.2) is 6.33 Å². The zero-order valence-electron chi connectivity index (χ0n) is 12.4. The Kier molecular flexibility index (Phi) is 3.89. The van der Waals surface area contributed by atoms with Gasteiger partial charge in [-0.2, -0.15) is 0 Å². The van der Waals surface area contributed by atoms with Crippen molar-refractivity contribution >= 4 is 27.4 Å². The lowest BCUT2D eigenvalue weighted by molar-refractivity contribution is 0.425. The number of thiophene rings is 1. The van der Waals surface area contributed by atoms with Crippen molar-refractivity contribution in [2.24, 2.45) is 5.92 Å². The number of aromatic nitrogens is 2. The van der Waals surface area contributed by atoms with E-state index in [0.29, 0.717) is 0 Å². The minimum absolute atomic E-state index is 0.773. The van der Waals surface area contributed by atoms with Crippen LogP contribution in [0.4, 0.5) is 5.82 Å². The van der Waals surface area contributed by atoms with Gasteiger partial charge in [0.2, 0.25) is 0 Å². The number of hydrogen-bond acceptors (Lipinski definition) is 5. The first-order chi connectivity index (χ1) is 9.65. The van der Waals surface area contributed by atoms with Gasteiger partial charge in [-0.15, -0.1) is 11.3 Å². The highest BCUT2D eigenvalue weighted by Gasteiger charge is 2.22. The summed E-state index contributed by atoms with van der Waals surface area (Å²) < 4.78 is 0. The Morgan fingerprint density at radius 1 is 1.40 bits per heavy atom. The van der Waals surface area contributed by atoms with Crippen LogP contribution in [-0.2, 0) is 12.8 Å². The number of fused-ring (bicyclic) bond motifs is 3. The van der Waals surface area contributed by atoms with Gasteiger partial charge in [0.1, 0.15) is 17.0 Å². The van der Waals surface area contributed by atoms with E-state index in [9.17, 15) is 0 Å². The quantitative estimate of drug-likeness (QED) is 0.940. The molecule has 0 radical (unpaired) electrons. The first-order valence-electron chi connectivity index (χ1n) is 7.29. The molecule has 0 aromatic carbocycles. The van der Waals surface area contributed by atoms with E-state index >= 15 is 0 Å². The fourth-order valence-corrected chi connectivity index (χ4v) is 4.00. The molecular weight excluding hydrogens is 268 g/mol. The molecule has 0 saturated carbocycles. The van der Waals surface area contributed by atoms with E-state index in [-0.39, 0.29) is 0 Å². The second-order valence-corrected chi connectivity index (χ2v) is 7.07. The molecule has 2 aromatic rings. The zero-order valence-corrected chi connectivity index (χ0v) is 13.3. The molecule has 0 bridgehead atoms. The molecule has 0 fully saturated rings. The molecule has 0 aliphatic heterocycles. The van der Waals surface area contributed by atoms with E-state index in [2.05, 4.69) is 41.2 Å². The van der Waals surface area contributed by atoms with Crippen molar-refractivity contribution < 1.29 is 0 Å². The van der Waals surface area contributed by atoms with Gasteiger partial charge in [-0.25, -0.2) is 9.97 Å². The van der Waals surface area contributed by atoms with E-state index in [1.807, 2.05) is 11.3 Å². The number of anilines is 1. The van der Waals surface area contributed by atoms with Crippen LogP contribution < -0.4 is 5.32 Å². The lowest BCUT2D eigenvalue weighted by Crippen LogP contribution is -2.21. The summed E-state index contributed by atoms with van der Waals surface area (Å²) in [7, 11) is 4.18. The van der Waals surface area contributed by atoms with Gasteiger partial charge in [-0.1, -0.05) is 6.92 Å². The van der Waals surface area contributed by atoms with E-state index < -0.39 is 0 Å². The Hall–Kier alpha value is -1.20.